The summed E-state index contributed by atoms with van der Waals surface area (Å²) in [7, 11) is -1.70. The van der Waals surface area contributed by atoms with Crippen LogP contribution in [0.25, 0.3) is 16.7 Å². The molecule has 0 radical (unpaired) electrons. The Balaban J connectivity index is 0.000000527. The standard InChI is InChI=1S/C21H22ClN7O.CH4O3S/c1-13-14(8-28-10-16(30)11-28)9-29(26-13)20-5-6-23-21(25-20)24-15-3-4-19-17(7-15)18(22)12-27(19)2;1-5(2,3)4/h3-7,9,12,16,30H,8,10-11H2,1-2H3,(H,23,24,25);1H3,(H,2,3,4). The third kappa shape index (κ3) is 6.35. The summed E-state index contributed by atoms with van der Waals surface area (Å²) in [4.78, 5) is 11.1. The Kier molecular flexibility index (Phi) is 7.10. The Morgan fingerprint density at radius 2 is 1.94 bits per heavy atom. The number of aryl methyl sites for hydroxylation is 2. The second-order valence-corrected chi connectivity index (χ2v) is 10.3. The summed E-state index contributed by atoms with van der Waals surface area (Å²) in [5, 5.41) is 19.0. The van der Waals surface area contributed by atoms with Crippen molar-refractivity contribution in [3.05, 3.63) is 59.1 Å². The smallest absolute Gasteiger partial charge is 0.261 e. The molecule has 1 aliphatic rings. The molecule has 0 unspecified atom stereocenters. The summed E-state index contributed by atoms with van der Waals surface area (Å²) < 4.78 is 29.6. The maximum Gasteiger partial charge on any atom is 0.261 e. The van der Waals surface area contributed by atoms with Gasteiger partial charge in [0.2, 0.25) is 5.95 Å². The van der Waals surface area contributed by atoms with Crippen molar-refractivity contribution in [2.75, 3.05) is 24.7 Å². The van der Waals surface area contributed by atoms with Gasteiger partial charge in [0, 0.05) is 73.5 Å². The summed E-state index contributed by atoms with van der Waals surface area (Å²) in [6.45, 7) is 4.18. The number of nitrogens with zero attached hydrogens (tertiary/aromatic N) is 6. The molecule has 1 aliphatic heterocycles. The zero-order valence-electron chi connectivity index (χ0n) is 19.4. The molecule has 0 amide bonds. The molecule has 11 nitrogen and oxygen atoms in total. The molecule has 35 heavy (non-hydrogen) atoms. The molecule has 0 aliphatic carbocycles. The molecule has 1 saturated heterocycles. The molecule has 0 bridgehead atoms. The number of aromatic nitrogens is 5. The molecule has 0 atom stereocenters. The second kappa shape index (κ2) is 9.91. The summed E-state index contributed by atoms with van der Waals surface area (Å²) in [6, 6.07) is 7.81. The minimum atomic E-state index is -3.67. The number of anilines is 2. The highest BCUT2D eigenvalue weighted by molar-refractivity contribution is 7.85. The van der Waals surface area contributed by atoms with Crippen LogP contribution < -0.4 is 5.32 Å². The zero-order chi connectivity index (χ0) is 25.3. The predicted octanol–water partition coefficient (Wildman–Crippen LogP) is 2.54. The van der Waals surface area contributed by atoms with Gasteiger partial charge in [0.1, 0.15) is 0 Å². The predicted molar refractivity (Wildman–Crippen MR) is 134 cm³/mol. The fourth-order valence-corrected chi connectivity index (χ4v) is 4.07. The average Bonchev–Trinajstić information content (AvgIpc) is 3.25. The van der Waals surface area contributed by atoms with E-state index in [-0.39, 0.29) is 6.10 Å². The van der Waals surface area contributed by atoms with Crippen molar-refractivity contribution >= 4 is 44.3 Å². The first-order valence-corrected chi connectivity index (χ1v) is 12.9. The zero-order valence-corrected chi connectivity index (χ0v) is 21.0. The van der Waals surface area contributed by atoms with Gasteiger partial charge in [-0.2, -0.15) is 18.5 Å². The van der Waals surface area contributed by atoms with E-state index >= 15 is 0 Å². The minimum Gasteiger partial charge on any atom is -0.390 e. The van der Waals surface area contributed by atoms with Crippen LogP contribution in [0.2, 0.25) is 5.02 Å². The van der Waals surface area contributed by atoms with Crippen molar-refractivity contribution in [1.82, 2.24) is 29.2 Å². The quantitative estimate of drug-likeness (QED) is 0.339. The number of benzene rings is 1. The van der Waals surface area contributed by atoms with Gasteiger partial charge < -0.3 is 15.0 Å². The van der Waals surface area contributed by atoms with E-state index in [0.29, 0.717) is 36.1 Å². The van der Waals surface area contributed by atoms with Crippen LogP contribution in [-0.4, -0.2) is 72.7 Å². The van der Waals surface area contributed by atoms with Crippen molar-refractivity contribution in [3.63, 3.8) is 0 Å². The van der Waals surface area contributed by atoms with E-state index in [1.807, 2.05) is 55.2 Å². The fraction of sp³-hybridized carbons (Fsp3) is 0.318. The summed E-state index contributed by atoms with van der Waals surface area (Å²) in [6.07, 6.45) is 6.10. The number of aliphatic hydroxyl groups is 1. The number of hydrogen-bond acceptors (Lipinski definition) is 8. The number of rotatable bonds is 5. The van der Waals surface area contributed by atoms with E-state index in [1.54, 1.807) is 10.9 Å². The molecule has 1 aromatic carbocycles. The number of fused-ring (bicyclic) bond motifs is 1. The molecule has 3 aromatic heterocycles. The van der Waals surface area contributed by atoms with Gasteiger partial charge in [-0.1, -0.05) is 11.6 Å². The molecule has 1 fully saturated rings. The van der Waals surface area contributed by atoms with Gasteiger partial charge in [-0.25, -0.2) is 9.67 Å². The van der Waals surface area contributed by atoms with E-state index in [9.17, 15) is 13.5 Å². The van der Waals surface area contributed by atoms with Gasteiger partial charge in [-0.3, -0.25) is 9.45 Å². The maximum absolute atomic E-state index is 9.48. The number of nitrogens with one attached hydrogen (secondary N) is 1. The van der Waals surface area contributed by atoms with Crippen LogP contribution in [0.3, 0.4) is 0 Å². The third-order valence-electron chi connectivity index (χ3n) is 5.41. The van der Waals surface area contributed by atoms with E-state index < -0.39 is 10.1 Å². The minimum absolute atomic E-state index is 0.208. The highest BCUT2D eigenvalue weighted by atomic mass is 35.5. The molecule has 13 heteroatoms. The Bertz CT molecular complexity index is 1450. The Labute approximate surface area is 207 Å². The van der Waals surface area contributed by atoms with Gasteiger partial charge in [0.15, 0.2) is 5.82 Å². The van der Waals surface area contributed by atoms with Crippen LogP contribution in [0.1, 0.15) is 11.3 Å². The number of hydrogen-bond donors (Lipinski definition) is 3. The highest BCUT2D eigenvalue weighted by Gasteiger charge is 2.25. The Morgan fingerprint density at radius 3 is 2.63 bits per heavy atom. The molecule has 4 aromatic rings. The molecule has 5 rings (SSSR count). The first-order chi connectivity index (χ1) is 16.5. The molecule has 3 N–H and O–H groups in total. The molecule has 0 spiro atoms. The summed E-state index contributed by atoms with van der Waals surface area (Å²) in [5.74, 6) is 1.17. The van der Waals surface area contributed by atoms with Crippen molar-refractivity contribution < 1.29 is 18.1 Å². The summed E-state index contributed by atoms with van der Waals surface area (Å²) >= 11 is 6.33. The van der Waals surface area contributed by atoms with Gasteiger partial charge in [0.05, 0.1) is 23.1 Å². The van der Waals surface area contributed by atoms with Crippen LogP contribution in [0, 0.1) is 6.92 Å². The summed E-state index contributed by atoms with van der Waals surface area (Å²) in [5.41, 5.74) is 4.00. The topological polar surface area (TPSA) is 138 Å². The number of likely N-dealkylation sites (tertiary alicyclic amines) is 1. The number of β-amino-alcohol motifs (C(OH)–C–C–N with tert-alkyl or cyclic N) is 1. The van der Waals surface area contributed by atoms with Crippen LogP contribution >= 0.6 is 11.6 Å². The Morgan fingerprint density at radius 1 is 1.23 bits per heavy atom. The fourth-order valence-electron chi connectivity index (χ4n) is 3.77. The van der Waals surface area contributed by atoms with Gasteiger partial charge in [0.25, 0.3) is 10.1 Å². The molecule has 0 saturated carbocycles. The normalized spacial score (nSPS) is 14.5. The lowest BCUT2D eigenvalue weighted by Crippen LogP contribution is -2.49. The molecular formula is C22H26ClN7O4S. The van der Waals surface area contributed by atoms with Crippen molar-refractivity contribution in [2.45, 2.75) is 19.6 Å². The van der Waals surface area contributed by atoms with E-state index in [2.05, 4.69) is 25.3 Å². The second-order valence-electron chi connectivity index (χ2n) is 8.45. The van der Waals surface area contributed by atoms with Crippen molar-refractivity contribution in [2.24, 2.45) is 7.05 Å². The third-order valence-corrected chi connectivity index (χ3v) is 5.71. The van der Waals surface area contributed by atoms with E-state index in [1.165, 1.54) is 0 Å². The number of aliphatic hydroxyl groups excluding tert-OH is 1. The largest absolute Gasteiger partial charge is 0.390 e. The van der Waals surface area contributed by atoms with Gasteiger partial charge in [-0.15, -0.1) is 0 Å². The average molecular weight is 520 g/mol. The lowest BCUT2D eigenvalue weighted by atomic mass is 10.1. The highest BCUT2D eigenvalue weighted by Crippen LogP contribution is 2.28. The van der Waals surface area contributed by atoms with Gasteiger partial charge >= 0.3 is 0 Å². The molecule has 4 heterocycles. The molecular weight excluding hydrogens is 494 g/mol. The lowest BCUT2D eigenvalue weighted by molar-refractivity contribution is -0.00297. The van der Waals surface area contributed by atoms with Crippen molar-refractivity contribution in [3.8, 4) is 5.82 Å². The maximum atomic E-state index is 9.48. The van der Waals surface area contributed by atoms with E-state index in [0.717, 1.165) is 34.4 Å². The number of halogens is 1. The van der Waals surface area contributed by atoms with Crippen LogP contribution in [-0.2, 0) is 23.7 Å². The van der Waals surface area contributed by atoms with Crippen LogP contribution in [0.4, 0.5) is 11.6 Å². The first-order valence-electron chi connectivity index (χ1n) is 10.7. The van der Waals surface area contributed by atoms with Gasteiger partial charge in [-0.05, 0) is 25.1 Å². The SMILES string of the molecule is CS(=O)(=O)O.Cc1nn(-c2ccnc(Nc3ccc4c(c3)c(Cl)cn4C)n2)cc1CN1CC(O)C1. The van der Waals surface area contributed by atoms with Crippen LogP contribution in [0.5, 0.6) is 0 Å². The first kappa shape index (κ1) is 25.1. The van der Waals surface area contributed by atoms with Crippen molar-refractivity contribution in [1.29, 1.82) is 0 Å². The monoisotopic (exact) mass is 519 g/mol. The lowest BCUT2D eigenvalue weighted by Gasteiger charge is -2.35. The van der Waals surface area contributed by atoms with E-state index in [4.69, 9.17) is 16.2 Å². The Hall–Kier alpha value is -3.03. The van der Waals surface area contributed by atoms with Crippen LogP contribution in [0.15, 0.2) is 42.9 Å². The molecule has 186 valence electrons.